The van der Waals surface area contributed by atoms with Crippen molar-refractivity contribution < 1.29 is 9.50 Å². The Morgan fingerprint density at radius 3 is 2.75 bits per heavy atom. The molecule has 0 saturated carbocycles. The molecule has 1 fully saturated rings. The number of hydrogen-bond donors (Lipinski definition) is 2. The highest BCUT2D eigenvalue weighted by Gasteiger charge is 2.15. The van der Waals surface area contributed by atoms with Gasteiger partial charge in [0.2, 0.25) is 0 Å². The summed E-state index contributed by atoms with van der Waals surface area (Å²) in [6, 6.07) is 3.15. The molecule has 0 spiro atoms. The van der Waals surface area contributed by atoms with Crippen molar-refractivity contribution in [1.82, 2.24) is 10.2 Å². The van der Waals surface area contributed by atoms with E-state index in [1.54, 1.807) is 6.07 Å². The van der Waals surface area contributed by atoms with E-state index < -0.39 is 0 Å². The minimum absolute atomic E-state index is 0.0541. The predicted octanol–water partition coefficient (Wildman–Crippen LogP) is 1.70. The summed E-state index contributed by atoms with van der Waals surface area (Å²) in [5, 5.41) is 12.6. The van der Waals surface area contributed by atoms with Crippen LogP contribution in [0, 0.1) is 5.82 Å². The number of phenols is 1. The molecule has 0 unspecified atom stereocenters. The topological polar surface area (TPSA) is 35.5 Å². The normalized spacial score (nSPS) is 17.6. The zero-order chi connectivity index (χ0) is 11.5. The third-order valence-electron chi connectivity index (χ3n) is 2.75. The van der Waals surface area contributed by atoms with E-state index in [0.717, 1.165) is 26.2 Å². The number of hydrogen-bond acceptors (Lipinski definition) is 3. The second kappa shape index (κ2) is 5.12. The molecule has 1 heterocycles. The molecule has 1 aliphatic heterocycles. The molecule has 1 aromatic carbocycles. The summed E-state index contributed by atoms with van der Waals surface area (Å²) in [4.78, 5) is 2.19. The molecule has 0 aromatic heterocycles. The van der Waals surface area contributed by atoms with Crippen molar-refractivity contribution in [1.29, 1.82) is 0 Å². The van der Waals surface area contributed by atoms with Gasteiger partial charge >= 0.3 is 0 Å². The Morgan fingerprint density at radius 2 is 2.06 bits per heavy atom. The fourth-order valence-corrected chi connectivity index (χ4v) is 2.20. The van der Waals surface area contributed by atoms with Crippen molar-refractivity contribution in [3.05, 3.63) is 28.0 Å². The van der Waals surface area contributed by atoms with Crippen LogP contribution in [-0.4, -0.2) is 36.2 Å². The minimum Gasteiger partial charge on any atom is -0.507 e. The summed E-state index contributed by atoms with van der Waals surface area (Å²) >= 11 is 3.04. The Balaban J connectivity index is 2.11. The van der Waals surface area contributed by atoms with Crippen LogP contribution in [0.25, 0.3) is 0 Å². The summed E-state index contributed by atoms with van der Waals surface area (Å²) in [5.74, 6) is -0.417. The molecular weight excluding hydrogens is 275 g/mol. The zero-order valence-corrected chi connectivity index (χ0v) is 10.4. The van der Waals surface area contributed by atoms with Gasteiger partial charge in [0.05, 0.1) is 4.47 Å². The lowest BCUT2D eigenvalue weighted by Crippen LogP contribution is -2.43. The van der Waals surface area contributed by atoms with E-state index in [9.17, 15) is 9.50 Å². The molecule has 0 radical (unpaired) electrons. The van der Waals surface area contributed by atoms with Gasteiger partial charge in [0.1, 0.15) is 11.6 Å². The number of nitrogens with one attached hydrogen (secondary N) is 1. The fourth-order valence-electron chi connectivity index (χ4n) is 1.81. The van der Waals surface area contributed by atoms with Crippen molar-refractivity contribution in [3.8, 4) is 5.75 Å². The van der Waals surface area contributed by atoms with Gasteiger partial charge in [0.15, 0.2) is 0 Å². The average molecular weight is 289 g/mol. The van der Waals surface area contributed by atoms with E-state index in [-0.39, 0.29) is 16.0 Å². The maximum Gasteiger partial charge on any atom is 0.145 e. The Bertz CT molecular complexity index is 380. The van der Waals surface area contributed by atoms with Crippen molar-refractivity contribution in [2.45, 2.75) is 6.54 Å². The number of nitrogens with zero attached hydrogens (tertiary/aromatic N) is 1. The highest BCUT2D eigenvalue weighted by Crippen LogP contribution is 2.29. The van der Waals surface area contributed by atoms with Crippen LogP contribution >= 0.6 is 15.9 Å². The van der Waals surface area contributed by atoms with E-state index in [4.69, 9.17) is 0 Å². The van der Waals surface area contributed by atoms with E-state index in [0.29, 0.717) is 12.1 Å². The number of rotatable bonds is 2. The Labute approximate surface area is 102 Å². The van der Waals surface area contributed by atoms with Crippen molar-refractivity contribution in [2.75, 3.05) is 26.2 Å². The SMILES string of the molecule is Oc1ccc(CN2CCNCC2)c(F)c1Br. The van der Waals surface area contributed by atoms with Crippen LogP contribution in [0.1, 0.15) is 5.56 Å². The quantitative estimate of drug-likeness (QED) is 0.870. The first-order chi connectivity index (χ1) is 7.68. The molecule has 1 saturated heterocycles. The molecule has 0 bridgehead atoms. The number of aromatic hydroxyl groups is 1. The summed E-state index contributed by atoms with van der Waals surface area (Å²) in [7, 11) is 0. The highest BCUT2D eigenvalue weighted by atomic mass is 79.9. The van der Waals surface area contributed by atoms with Crippen LogP contribution in [0.4, 0.5) is 4.39 Å². The lowest BCUT2D eigenvalue weighted by atomic mass is 10.2. The number of phenolic OH excluding ortho intramolecular Hbond substituents is 1. The fraction of sp³-hybridized carbons (Fsp3) is 0.455. The Hall–Kier alpha value is -0.650. The van der Waals surface area contributed by atoms with E-state index in [2.05, 4.69) is 26.1 Å². The lowest BCUT2D eigenvalue weighted by Gasteiger charge is -2.27. The van der Waals surface area contributed by atoms with Gasteiger partial charge < -0.3 is 10.4 Å². The monoisotopic (exact) mass is 288 g/mol. The summed E-state index contributed by atoms with van der Waals surface area (Å²) in [5.41, 5.74) is 0.617. The number of piperazine rings is 1. The summed E-state index contributed by atoms with van der Waals surface area (Å²) < 4.78 is 13.9. The first-order valence-electron chi connectivity index (χ1n) is 5.27. The molecular formula is C11H14BrFN2O. The predicted molar refractivity (Wildman–Crippen MR) is 63.9 cm³/mol. The van der Waals surface area contributed by atoms with Crippen LogP contribution in [0.3, 0.4) is 0 Å². The van der Waals surface area contributed by atoms with Gasteiger partial charge in [0, 0.05) is 38.3 Å². The molecule has 5 heteroatoms. The third kappa shape index (κ3) is 2.53. The molecule has 0 aliphatic carbocycles. The molecule has 1 aromatic rings. The molecule has 1 aliphatic rings. The van der Waals surface area contributed by atoms with Gasteiger partial charge in [-0.3, -0.25) is 4.90 Å². The highest BCUT2D eigenvalue weighted by molar-refractivity contribution is 9.10. The van der Waals surface area contributed by atoms with Gasteiger partial charge in [-0.2, -0.15) is 0 Å². The third-order valence-corrected chi connectivity index (χ3v) is 3.50. The maximum atomic E-state index is 13.8. The van der Waals surface area contributed by atoms with Gasteiger partial charge in [-0.05, 0) is 22.0 Å². The molecule has 2 N–H and O–H groups in total. The van der Waals surface area contributed by atoms with Crippen molar-refractivity contribution in [3.63, 3.8) is 0 Å². The smallest absolute Gasteiger partial charge is 0.145 e. The second-order valence-electron chi connectivity index (χ2n) is 3.90. The van der Waals surface area contributed by atoms with Gasteiger partial charge in [-0.25, -0.2) is 4.39 Å². The number of halogens is 2. The second-order valence-corrected chi connectivity index (χ2v) is 4.69. The van der Waals surface area contributed by atoms with Crippen LogP contribution in [0.15, 0.2) is 16.6 Å². The first kappa shape index (κ1) is 11.8. The maximum absolute atomic E-state index is 13.8. The molecule has 3 nitrogen and oxygen atoms in total. The van der Waals surface area contributed by atoms with E-state index >= 15 is 0 Å². The van der Waals surface area contributed by atoms with Crippen molar-refractivity contribution >= 4 is 15.9 Å². The van der Waals surface area contributed by atoms with Crippen LogP contribution < -0.4 is 5.32 Å². The number of benzene rings is 1. The summed E-state index contributed by atoms with van der Waals surface area (Å²) in [6.07, 6.45) is 0. The van der Waals surface area contributed by atoms with E-state index in [1.165, 1.54) is 6.07 Å². The van der Waals surface area contributed by atoms with Crippen LogP contribution in [0.5, 0.6) is 5.75 Å². The lowest BCUT2D eigenvalue weighted by molar-refractivity contribution is 0.230. The van der Waals surface area contributed by atoms with Crippen LogP contribution in [0.2, 0.25) is 0 Å². The van der Waals surface area contributed by atoms with E-state index in [1.807, 2.05) is 0 Å². The molecule has 0 amide bonds. The Morgan fingerprint density at radius 1 is 1.38 bits per heavy atom. The van der Waals surface area contributed by atoms with Gasteiger partial charge in [-0.15, -0.1) is 0 Å². The first-order valence-corrected chi connectivity index (χ1v) is 6.06. The largest absolute Gasteiger partial charge is 0.507 e. The Kier molecular flexibility index (Phi) is 3.78. The molecule has 0 atom stereocenters. The average Bonchev–Trinajstić information content (AvgIpc) is 2.31. The van der Waals surface area contributed by atoms with Gasteiger partial charge in [0.25, 0.3) is 0 Å². The molecule has 16 heavy (non-hydrogen) atoms. The molecule has 2 rings (SSSR count). The zero-order valence-electron chi connectivity index (χ0n) is 8.84. The summed E-state index contributed by atoms with van der Waals surface area (Å²) in [6.45, 7) is 4.34. The standard InChI is InChI=1S/C11H14BrFN2O/c12-10-9(16)2-1-8(11(10)13)7-15-5-3-14-4-6-15/h1-2,14,16H,3-7H2. The van der Waals surface area contributed by atoms with Crippen molar-refractivity contribution in [2.24, 2.45) is 0 Å². The molecule has 88 valence electrons. The van der Waals surface area contributed by atoms with Crippen LogP contribution in [-0.2, 0) is 6.54 Å². The van der Waals surface area contributed by atoms with Gasteiger partial charge in [-0.1, -0.05) is 6.07 Å². The minimum atomic E-state index is -0.362.